The normalized spacial score (nSPS) is 10.8. The van der Waals surface area contributed by atoms with Gasteiger partial charge in [0.05, 0.1) is 17.4 Å². The van der Waals surface area contributed by atoms with Gasteiger partial charge in [-0.25, -0.2) is 4.98 Å². The van der Waals surface area contributed by atoms with Crippen molar-refractivity contribution in [3.05, 3.63) is 59.9 Å². The maximum Gasteiger partial charge on any atom is 0.320 e. The van der Waals surface area contributed by atoms with Crippen LogP contribution < -0.4 is 11.2 Å². The van der Waals surface area contributed by atoms with Gasteiger partial charge in [-0.15, -0.1) is 0 Å². The number of aromatic nitrogens is 2. The molecule has 1 aromatic heterocycles. The van der Waals surface area contributed by atoms with E-state index in [0.29, 0.717) is 12.1 Å². The average molecular weight is 293 g/mol. The van der Waals surface area contributed by atoms with Gasteiger partial charge in [-0.3, -0.25) is 4.79 Å². The Hall–Kier alpha value is -2.60. The van der Waals surface area contributed by atoms with Crippen LogP contribution in [0.5, 0.6) is 0 Å². The van der Waals surface area contributed by atoms with E-state index < -0.39 is 12.8 Å². The molecule has 0 fully saturated rings. The molecule has 0 radical (unpaired) electrons. The molecule has 0 spiro atoms. The fourth-order valence-corrected chi connectivity index (χ4v) is 2.43. The van der Waals surface area contributed by atoms with Crippen LogP contribution in [0.3, 0.4) is 0 Å². The van der Waals surface area contributed by atoms with Crippen LogP contribution in [0.15, 0.2) is 48.8 Å². The molecule has 3 rings (SSSR count). The highest BCUT2D eigenvalue weighted by atomic mass is 16.2. The minimum absolute atomic E-state index is 0.448. The number of imidazole rings is 1. The van der Waals surface area contributed by atoms with Crippen molar-refractivity contribution in [1.82, 2.24) is 9.55 Å². The first-order valence-corrected chi connectivity index (χ1v) is 7.06. The van der Waals surface area contributed by atoms with Crippen molar-refractivity contribution < 1.29 is 9.82 Å². The topological polar surface area (TPSA) is 81.1 Å². The standard InChI is InChI=1S/C16H16BN3O2/c1-17(22)13-5-2-11(3-6-13)9-20-10-19-14-7-4-12(16(18)21)8-15(14)20/h2-8,10,22H,9H2,1H3,(H2,18,21). The first kappa shape index (κ1) is 14.3. The Morgan fingerprint density at radius 1 is 1.27 bits per heavy atom. The first-order valence-electron chi connectivity index (χ1n) is 7.06. The van der Waals surface area contributed by atoms with Crippen molar-refractivity contribution >= 4 is 29.3 Å². The third-order valence-corrected chi connectivity index (χ3v) is 3.72. The van der Waals surface area contributed by atoms with Gasteiger partial charge < -0.3 is 15.3 Å². The van der Waals surface area contributed by atoms with E-state index >= 15 is 0 Å². The highest BCUT2D eigenvalue weighted by Crippen LogP contribution is 2.16. The molecule has 1 heterocycles. The van der Waals surface area contributed by atoms with Gasteiger partial charge in [-0.2, -0.15) is 0 Å². The zero-order valence-electron chi connectivity index (χ0n) is 12.2. The predicted molar refractivity (Wildman–Crippen MR) is 87.3 cm³/mol. The first-order chi connectivity index (χ1) is 10.5. The maximum absolute atomic E-state index is 11.3. The van der Waals surface area contributed by atoms with Crippen molar-refractivity contribution in [2.75, 3.05) is 0 Å². The molecule has 0 unspecified atom stereocenters. The van der Waals surface area contributed by atoms with Crippen molar-refractivity contribution in [2.45, 2.75) is 13.4 Å². The molecular weight excluding hydrogens is 277 g/mol. The van der Waals surface area contributed by atoms with E-state index in [0.717, 1.165) is 22.1 Å². The Bertz CT molecular complexity index is 825. The quantitative estimate of drug-likeness (QED) is 0.704. The number of carbonyl (C=O) groups excluding carboxylic acids is 1. The fraction of sp³-hybridized carbons (Fsp3) is 0.125. The number of hydrogen-bond donors (Lipinski definition) is 2. The lowest BCUT2D eigenvalue weighted by Gasteiger charge is -2.07. The number of carbonyl (C=O) groups is 1. The van der Waals surface area contributed by atoms with Gasteiger partial charge in [0.2, 0.25) is 5.91 Å². The Morgan fingerprint density at radius 3 is 2.64 bits per heavy atom. The van der Waals surface area contributed by atoms with Crippen LogP contribution in [-0.2, 0) is 6.54 Å². The van der Waals surface area contributed by atoms with E-state index in [2.05, 4.69) is 4.98 Å². The van der Waals surface area contributed by atoms with Gasteiger partial charge in [-0.05, 0) is 29.2 Å². The summed E-state index contributed by atoms with van der Waals surface area (Å²) in [4.78, 5) is 15.6. The molecule has 0 saturated carbocycles. The molecule has 6 heteroatoms. The summed E-state index contributed by atoms with van der Waals surface area (Å²) in [6, 6.07) is 13.0. The Labute approximate surface area is 128 Å². The number of primary amides is 1. The van der Waals surface area contributed by atoms with E-state index in [-0.39, 0.29) is 0 Å². The number of fused-ring (bicyclic) bond motifs is 1. The van der Waals surface area contributed by atoms with Gasteiger partial charge in [0.15, 0.2) is 0 Å². The lowest BCUT2D eigenvalue weighted by Crippen LogP contribution is -2.25. The highest BCUT2D eigenvalue weighted by Gasteiger charge is 2.09. The highest BCUT2D eigenvalue weighted by molar-refractivity contribution is 6.64. The van der Waals surface area contributed by atoms with E-state index in [4.69, 9.17) is 5.73 Å². The molecule has 3 N–H and O–H groups in total. The number of rotatable bonds is 4. The summed E-state index contributed by atoms with van der Waals surface area (Å²) < 4.78 is 1.97. The van der Waals surface area contributed by atoms with E-state index in [1.54, 1.807) is 31.3 Å². The zero-order valence-corrected chi connectivity index (χ0v) is 12.2. The zero-order chi connectivity index (χ0) is 15.7. The van der Waals surface area contributed by atoms with Crippen LogP contribution in [0.2, 0.25) is 6.82 Å². The van der Waals surface area contributed by atoms with Gasteiger partial charge in [0.1, 0.15) is 0 Å². The molecule has 5 nitrogen and oxygen atoms in total. The van der Waals surface area contributed by atoms with Crippen LogP contribution in [-0.4, -0.2) is 27.4 Å². The average Bonchev–Trinajstić information content (AvgIpc) is 2.90. The monoisotopic (exact) mass is 293 g/mol. The lowest BCUT2D eigenvalue weighted by atomic mass is 9.64. The molecular formula is C16H16BN3O2. The summed E-state index contributed by atoms with van der Waals surface area (Å²) in [5.74, 6) is -0.448. The molecule has 22 heavy (non-hydrogen) atoms. The molecule has 0 aliphatic carbocycles. The summed E-state index contributed by atoms with van der Waals surface area (Å²) in [6.07, 6.45) is 1.75. The Kier molecular flexibility index (Phi) is 3.69. The lowest BCUT2D eigenvalue weighted by molar-refractivity contribution is 0.100. The van der Waals surface area contributed by atoms with Gasteiger partial charge >= 0.3 is 6.92 Å². The Balaban J connectivity index is 1.93. The summed E-state index contributed by atoms with van der Waals surface area (Å²) >= 11 is 0. The fourth-order valence-electron chi connectivity index (χ4n) is 2.43. The van der Waals surface area contributed by atoms with E-state index in [1.165, 1.54) is 0 Å². The minimum atomic E-state index is -0.471. The molecule has 0 saturated heterocycles. The Morgan fingerprint density at radius 2 is 2.00 bits per heavy atom. The smallest absolute Gasteiger partial charge is 0.320 e. The van der Waals surface area contributed by atoms with Crippen LogP contribution in [0.25, 0.3) is 11.0 Å². The summed E-state index contributed by atoms with van der Waals surface area (Å²) in [5, 5.41) is 9.54. The van der Waals surface area contributed by atoms with Crippen LogP contribution >= 0.6 is 0 Å². The number of nitrogens with zero attached hydrogens (tertiary/aromatic N) is 2. The number of benzene rings is 2. The second kappa shape index (κ2) is 5.65. The van der Waals surface area contributed by atoms with Crippen molar-refractivity contribution in [1.29, 1.82) is 0 Å². The van der Waals surface area contributed by atoms with Crippen LogP contribution in [0, 0.1) is 0 Å². The van der Waals surface area contributed by atoms with Gasteiger partial charge in [0.25, 0.3) is 0 Å². The third kappa shape index (κ3) is 2.73. The van der Waals surface area contributed by atoms with Gasteiger partial charge in [0, 0.05) is 12.1 Å². The summed E-state index contributed by atoms with van der Waals surface area (Å²) in [5.41, 5.74) is 9.47. The molecule has 0 atom stereocenters. The van der Waals surface area contributed by atoms with Crippen LogP contribution in [0.4, 0.5) is 0 Å². The number of nitrogens with two attached hydrogens (primary N) is 1. The molecule has 0 bridgehead atoms. The SMILES string of the molecule is CB(O)c1ccc(Cn2cnc3ccc(C(N)=O)cc32)cc1. The maximum atomic E-state index is 11.3. The van der Waals surface area contributed by atoms with E-state index in [9.17, 15) is 9.82 Å². The predicted octanol–water partition coefficient (Wildman–Crippen LogP) is 1.00. The largest absolute Gasteiger partial charge is 0.447 e. The third-order valence-electron chi connectivity index (χ3n) is 3.72. The number of amides is 1. The molecule has 3 aromatic rings. The summed E-state index contributed by atoms with van der Waals surface area (Å²) in [6.45, 7) is 1.91. The molecule has 0 aliphatic rings. The summed E-state index contributed by atoms with van der Waals surface area (Å²) in [7, 11) is 0. The molecule has 1 amide bonds. The number of hydrogen-bond acceptors (Lipinski definition) is 3. The minimum Gasteiger partial charge on any atom is -0.447 e. The van der Waals surface area contributed by atoms with Crippen molar-refractivity contribution in [3.8, 4) is 0 Å². The molecule has 0 aliphatic heterocycles. The van der Waals surface area contributed by atoms with Crippen molar-refractivity contribution in [2.24, 2.45) is 5.73 Å². The van der Waals surface area contributed by atoms with Gasteiger partial charge in [-0.1, -0.05) is 31.1 Å². The second-order valence-electron chi connectivity index (χ2n) is 5.36. The van der Waals surface area contributed by atoms with Crippen LogP contribution in [0.1, 0.15) is 15.9 Å². The van der Waals surface area contributed by atoms with Crippen molar-refractivity contribution in [3.63, 3.8) is 0 Å². The van der Waals surface area contributed by atoms with E-state index in [1.807, 2.05) is 28.8 Å². The second-order valence-corrected chi connectivity index (χ2v) is 5.36. The molecule has 2 aromatic carbocycles. The molecule has 110 valence electrons.